The maximum Gasteiger partial charge on any atom is 0.194 e. The lowest BCUT2D eigenvalue weighted by Gasteiger charge is -2.33. The molecule has 1 aromatic heterocycles. The number of likely N-dealkylation sites (tertiary alicyclic amines) is 1. The zero-order valence-corrected chi connectivity index (χ0v) is 14.7. The van der Waals surface area contributed by atoms with Crippen molar-refractivity contribution in [3.05, 3.63) is 16.1 Å². The van der Waals surface area contributed by atoms with Gasteiger partial charge in [0.2, 0.25) is 0 Å². The second-order valence-corrected chi connectivity index (χ2v) is 7.70. The molecule has 2 heterocycles. The zero-order valence-electron chi connectivity index (χ0n) is 13.9. The predicted octanol–water partition coefficient (Wildman–Crippen LogP) is 3.57. The van der Waals surface area contributed by atoms with Crippen LogP contribution in [-0.4, -0.2) is 35.5 Å². The maximum atomic E-state index is 4.88. The third-order valence-electron chi connectivity index (χ3n) is 5.20. The number of thiazole rings is 1. The van der Waals surface area contributed by atoms with Crippen LogP contribution in [0.3, 0.4) is 0 Å². The topological polar surface area (TPSA) is 40.5 Å². The van der Waals surface area contributed by atoms with Crippen LogP contribution in [0.1, 0.15) is 56.0 Å². The quantitative estimate of drug-likeness (QED) is 0.683. The summed E-state index contributed by atoms with van der Waals surface area (Å²) >= 11 is 1.71. The van der Waals surface area contributed by atoms with E-state index in [1.165, 1.54) is 49.9 Å². The van der Waals surface area contributed by atoms with E-state index in [4.69, 9.17) is 4.99 Å². The van der Waals surface area contributed by atoms with Crippen LogP contribution in [0.5, 0.6) is 0 Å². The molecule has 1 saturated carbocycles. The average Bonchev–Trinajstić information content (AvgIpc) is 3.12. The summed E-state index contributed by atoms with van der Waals surface area (Å²) in [6.07, 6.45) is 8.44. The first-order chi connectivity index (χ1) is 10.7. The van der Waals surface area contributed by atoms with Crippen LogP contribution < -0.4 is 5.32 Å². The van der Waals surface area contributed by atoms with Gasteiger partial charge in [-0.05, 0) is 38.5 Å². The Bertz CT molecular complexity index is 516. The molecule has 4 nitrogen and oxygen atoms in total. The second-order valence-electron chi connectivity index (χ2n) is 6.76. The van der Waals surface area contributed by atoms with Crippen LogP contribution in [0.15, 0.2) is 10.5 Å². The molecule has 0 aromatic carbocycles. The van der Waals surface area contributed by atoms with E-state index >= 15 is 0 Å². The average molecular weight is 321 g/mol. The molecule has 1 aromatic rings. The van der Waals surface area contributed by atoms with E-state index in [0.717, 1.165) is 31.3 Å². The van der Waals surface area contributed by atoms with Crippen molar-refractivity contribution in [1.82, 2.24) is 15.2 Å². The normalized spacial score (nSPS) is 21.5. The molecule has 1 aliphatic carbocycles. The van der Waals surface area contributed by atoms with Gasteiger partial charge >= 0.3 is 0 Å². The highest BCUT2D eigenvalue weighted by Crippen LogP contribution is 2.43. The number of aryl methyl sites for hydroxylation is 1. The Labute approximate surface area is 138 Å². The summed E-state index contributed by atoms with van der Waals surface area (Å²) in [5.74, 6) is 1.10. The van der Waals surface area contributed by atoms with Gasteiger partial charge in [-0.2, -0.15) is 0 Å². The summed E-state index contributed by atoms with van der Waals surface area (Å²) in [4.78, 5) is 13.0. The van der Waals surface area contributed by atoms with E-state index in [1.807, 2.05) is 5.51 Å². The van der Waals surface area contributed by atoms with Crippen LogP contribution in [-0.2, 0) is 6.54 Å². The van der Waals surface area contributed by atoms with Gasteiger partial charge in [0, 0.05) is 24.5 Å². The van der Waals surface area contributed by atoms with Gasteiger partial charge in [-0.15, -0.1) is 11.3 Å². The van der Waals surface area contributed by atoms with Crippen molar-refractivity contribution in [2.45, 2.75) is 58.9 Å². The number of hydrogen-bond donors (Lipinski definition) is 1. The number of aliphatic imine (C=N–C) groups is 1. The van der Waals surface area contributed by atoms with Crippen LogP contribution in [0, 0.1) is 12.3 Å². The van der Waals surface area contributed by atoms with Crippen molar-refractivity contribution in [2.75, 3.05) is 19.6 Å². The van der Waals surface area contributed by atoms with Crippen molar-refractivity contribution < 1.29 is 0 Å². The summed E-state index contributed by atoms with van der Waals surface area (Å²) in [6.45, 7) is 8.27. The molecular formula is C17H28N4S. The number of guanidine groups is 1. The molecule has 3 rings (SSSR count). The summed E-state index contributed by atoms with van der Waals surface area (Å²) in [6, 6.07) is 0. The minimum atomic E-state index is 0.578. The lowest BCUT2D eigenvalue weighted by molar-refractivity contribution is 0.203. The molecule has 2 aliphatic rings. The molecule has 122 valence electrons. The number of nitrogens with one attached hydrogen (secondary N) is 1. The maximum absolute atomic E-state index is 4.88. The largest absolute Gasteiger partial charge is 0.357 e. The standard InChI is InChI=1S/C17H28N4S/c1-3-18-16(19-11-15-14(2)20-13-22-15)21-10-9-17(12-21)7-5-4-6-8-17/h13H,3-12H2,1-2H3,(H,18,19). The molecule has 0 radical (unpaired) electrons. The smallest absolute Gasteiger partial charge is 0.194 e. The Morgan fingerprint density at radius 3 is 2.86 bits per heavy atom. The summed E-state index contributed by atoms with van der Waals surface area (Å²) < 4.78 is 0. The van der Waals surface area contributed by atoms with Gasteiger partial charge in [0.15, 0.2) is 5.96 Å². The molecule has 1 aliphatic heterocycles. The van der Waals surface area contributed by atoms with Gasteiger partial charge in [-0.25, -0.2) is 9.98 Å². The van der Waals surface area contributed by atoms with E-state index in [1.54, 1.807) is 11.3 Å². The summed E-state index contributed by atoms with van der Waals surface area (Å²) in [5, 5.41) is 3.49. The SMILES string of the molecule is CCNC(=NCc1scnc1C)N1CCC2(CCCCC2)C1. The van der Waals surface area contributed by atoms with Crippen LogP contribution in [0.4, 0.5) is 0 Å². The lowest BCUT2D eigenvalue weighted by atomic mass is 9.73. The highest BCUT2D eigenvalue weighted by atomic mass is 32.1. The minimum Gasteiger partial charge on any atom is -0.357 e. The third-order valence-corrected chi connectivity index (χ3v) is 6.12. The van der Waals surface area contributed by atoms with E-state index in [0.29, 0.717) is 5.41 Å². The molecule has 2 fully saturated rings. The fourth-order valence-electron chi connectivity index (χ4n) is 3.88. The van der Waals surface area contributed by atoms with Gasteiger partial charge in [0.25, 0.3) is 0 Å². The first-order valence-electron chi connectivity index (χ1n) is 8.65. The van der Waals surface area contributed by atoms with Crippen LogP contribution in [0.2, 0.25) is 0 Å². The van der Waals surface area contributed by atoms with Gasteiger partial charge in [-0.3, -0.25) is 0 Å². The Kier molecular flexibility index (Phi) is 5.01. The Morgan fingerprint density at radius 1 is 1.36 bits per heavy atom. The monoisotopic (exact) mass is 320 g/mol. The number of aromatic nitrogens is 1. The van der Waals surface area contributed by atoms with Crippen molar-refractivity contribution in [3.8, 4) is 0 Å². The highest BCUT2D eigenvalue weighted by Gasteiger charge is 2.39. The Balaban J connectivity index is 1.67. The molecule has 22 heavy (non-hydrogen) atoms. The Morgan fingerprint density at radius 2 is 2.18 bits per heavy atom. The second kappa shape index (κ2) is 6.99. The number of rotatable bonds is 3. The molecule has 0 unspecified atom stereocenters. The molecule has 1 spiro atoms. The highest BCUT2D eigenvalue weighted by molar-refractivity contribution is 7.09. The third kappa shape index (κ3) is 3.45. The van der Waals surface area contributed by atoms with E-state index in [9.17, 15) is 0 Å². The first kappa shape index (κ1) is 15.8. The summed E-state index contributed by atoms with van der Waals surface area (Å²) in [7, 11) is 0. The molecule has 0 atom stereocenters. The molecular weight excluding hydrogens is 292 g/mol. The minimum absolute atomic E-state index is 0.578. The van der Waals surface area contributed by atoms with E-state index < -0.39 is 0 Å². The predicted molar refractivity (Wildman–Crippen MR) is 93.4 cm³/mol. The molecule has 1 saturated heterocycles. The molecule has 1 N–H and O–H groups in total. The van der Waals surface area contributed by atoms with Gasteiger partial charge in [0.05, 0.1) is 17.7 Å². The van der Waals surface area contributed by atoms with Crippen molar-refractivity contribution >= 4 is 17.3 Å². The summed E-state index contributed by atoms with van der Waals surface area (Å²) in [5.41, 5.74) is 3.62. The van der Waals surface area contributed by atoms with Crippen LogP contribution in [0.25, 0.3) is 0 Å². The molecule has 0 amide bonds. The van der Waals surface area contributed by atoms with Crippen molar-refractivity contribution in [2.24, 2.45) is 10.4 Å². The van der Waals surface area contributed by atoms with E-state index in [-0.39, 0.29) is 0 Å². The fraction of sp³-hybridized carbons (Fsp3) is 0.765. The van der Waals surface area contributed by atoms with Gasteiger partial charge in [-0.1, -0.05) is 19.3 Å². The van der Waals surface area contributed by atoms with E-state index in [2.05, 4.69) is 29.0 Å². The zero-order chi connectivity index (χ0) is 15.4. The molecule has 5 heteroatoms. The van der Waals surface area contributed by atoms with Crippen molar-refractivity contribution in [1.29, 1.82) is 0 Å². The first-order valence-corrected chi connectivity index (χ1v) is 9.53. The molecule has 0 bridgehead atoms. The number of nitrogens with zero attached hydrogens (tertiary/aromatic N) is 3. The van der Waals surface area contributed by atoms with Crippen molar-refractivity contribution in [3.63, 3.8) is 0 Å². The van der Waals surface area contributed by atoms with Crippen LogP contribution >= 0.6 is 11.3 Å². The van der Waals surface area contributed by atoms with Gasteiger partial charge in [0.1, 0.15) is 0 Å². The Hall–Kier alpha value is -1.10. The lowest BCUT2D eigenvalue weighted by Crippen LogP contribution is -2.41. The fourth-order valence-corrected chi connectivity index (χ4v) is 4.58. The number of hydrogen-bond acceptors (Lipinski definition) is 3. The van der Waals surface area contributed by atoms with Gasteiger partial charge < -0.3 is 10.2 Å².